The number of nitrogens with one attached hydrogen (secondary N) is 3. The Bertz CT molecular complexity index is 1080. The van der Waals surface area contributed by atoms with Gasteiger partial charge in [0, 0.05) is 29.1 Å². The number of ketones is 1. The molecule has 0 fully saturated rings. The Kier molecular flexibility index (Phi) is 3.84. The van der Waals surface area contributed by atoms with Gasteiger partial charge in [-0.3, -0.25) is 9.89 Å². The summed E-state index contributed by atoms with van der Waals surface area (Å²) in [4.78, 5) is 11.6. The summed E-state index contributed by atoms with van der Waals surface area (Å²) in [6.45, 7) is 3.54. The smallest absolute Gasteiger partial charge is 0.159 e. The normalized spacial score (nSPS) is 18.1. The number of benzene rings is 2. The van der Waals surface area contributed by atoms with Gasteiger partial charge in [-0.25, -0.2) is 0 Å². The van der Waals surface area contributed by atoms with E-state index in [1.54, 1.807) is 6.92 Å². The van der Waals surface area contributed by atoms with E-state index in [-0.39, 0.29) is 5.78 Å². The highest BCUT2D eigenvalue weighted by Crippen LogP contribution is 2.26. The molecule has 2 aromatic carbocycles. The first-order valence-corrected chi connectivity index (χ1v) is 8.53. The first-order chi connectivity index (χ1) is 12.6. The van der Waals surface area contributed by atoms with Crippen LogP contribution in [0.1, 0.15) is 28.5 Å². The topological polar surface area (TPSA) is 69.8 Å². The van der Waals surface area contributed by atoms with Gasteiger partial charge in [0.05, 0.1) is 0 Å². The number of rotatable bonds is 4. The largest absolute Gasteiger partial charge is 0.361 e. The lowest BCUT2D eigenvalue weighted by molar-refractivity contribution is 0.101. The molecule has 5 heteroatoms. The highest BCUT2D eigenvalue weighted by molar-refractivity contribution is 5.94. The van der Waals surface area contributed by atoms with E-state index < -0.39 is 5.66 Å². The Hall–Kier alpha value is -3.34. The molecule has 0 saturated heterocycles. The van der Waals surface area contributed by atoms with Gasteiger partial charge >= 0.3 is 0 Å². The lowest BCUT2D eigenvalue weighted by Crippen LogP contribution is -2.51. The highest BCUT2D eigenvalue weighted by Gasteiger charge is 2.31. The Morgan fingerprint density at radius 3 is 2.46 bits per heavy atom. The molecule has 1 aliphatic heterocycles. The summed E-state index contributed by atoms with van der Waals surface area (Å²) in [5.41, 5.74) is 2.01. The molecule has 1 atom stereocenters. The van der Waals surface area contributed by atoms with Crippen LogP contribution in [0.25, 0.3) is 12.3 Å². The second kappa shape index (κ2) is 6.19. The molecule has 26 heavy (non-hydrogen) atoms. The number of anilines is 1. The van der Waals surface area contributed by atoms with Crippen molar-refractivity contribution in [3.63, 3.8) is 0 Å². The molecular weight excluding hydrogens is 324 g/mol. The molecule has 0 bridgehead atoms. The first-order valence-electron chi connectivity index (χ1n) is 8.53. The standard InChI is InChI=1S/C21H20N4O/c1-14-11-20(25-24-14)23-21(19-9-7-16(8-10-19)15(2)26)12-17-5-3-4-6-18(17)13-22-21/h3-13,22H,1-2H3,(H2,23,24,25). The van der Waals surface area contributed by atoms with E-state index in [1.807, 2.05) is 55.6 Å². The van der Waals surface area contributed by atoms with Crippen LogP contribution in [-0.4, -0.2) is 16.0 Å². The Morgan fingerprint density at radius 1 is 1.08 bits per heavy atom. The maximum absolute atomic E-state index is 11.6. The molecule has 2 heterocycles. The zero-order valence-corrected chi connectivity index (χ0v) is 14.7. The Labute approximate surface area is 151 Å². The van der Waals surface area contributed by atoms with Gasteiger partial charge in [0.1, 0.15) is 5.82 Å². The monoisotopic (exact) mass is 344 g/mol. The van der Waals surface area contributed by atoms with Crippen LogP contribution in [0.2, 0.25) is 0 Å². The minimum Gasteiger partial charge on any atom is -0.361 e. The van der Waals surface area contributed by atoms with Crippen molar-refractivity contribution in [3.8, 4) is 0 Å². The summed E-state index contributed by atoms with van der Waals surface area (Å²) in [5.74, 6) is 0.800. The summed E-state index contributed by atoms with van der Waals surface area (Å²) in [5, 5.41) is 16.5. The van der Waals surface area contributed by atoms with Crippen molar-refractivity contribution < 1.29 is 4.79 Å². The molecule has 0 amide bonds. The van der Waals surface area contributed by atoms with Crippen molar-refractivity contribution in [1.29, 1.82) is 0 Å². The summed E-state index contributed by atoms with van der Waals surface area (Å²) >= 11 is 0. The third-order valence-corrected chi connectivity index (χ3v) is 4.60. The second-order valence-electron chi connectivity index (χ2n) is 6.56. The highest BCUT2D eigenvalue weighted by atomic mass is 16.1. The molecule has 0 saturated carbocycles. The van der Waals surface area contributed by atoms with E-state index in [1.165, 1.54) is 0 Å². The van der Waals surface area contributed by atoms with Crippen molar-refractivity contribution in [2.75, 3.05) is 5.32 Å². The fourth-order valence-electron chi connectivity index (χ4n) is 3.20. The number of aromatic amines is 1. The van der Waals surface area contributed by atoms with Crippen LogP contribution in [0.5, 0.6) is 0 Å². The number of fused-ring (bicyclic) bond motifs is 1. The van der Waals surface area contributed by atoms with E-state index in [0.717, 1.165) is 27.5 Å². The quantitative estimate of drug-likeness (QED) is 0.633. The van der Waals surface area contributed by atoms with Crippen LogP contribution in [0.3, 0.4) is 0 Å². The molecule has 3 aromatic rings. The van der Waals surface area contributed by atoms with Gasteiger partial charge in [0.25, 0.3) is 0 Å². The second-order valence-corrected chi connectivity index (χ2v) is 6.56. The molecule has 1 unspecified atom stereocenters. The number of hydrogen-bond donors (Lipinski definition) is 3. The molecule has 4 rings (SSSR count). The number of hydrogen-bond acceptors (Lipinski definition) is 4. The maximum atomic E-state index is 11.6. The van der Waals surface area contributed by atoms with E-state index in [2.05, 4.69) is 39.0 Å². The van der Waals surface area contributed by atoms with Gasteiger partial charge < -0.3 is 10.6 Å². The van der Waals surface area contributed by atoms with Crippen molar-refractivity contribution >= 4 is 23.9 Å². The predicted molar refractivity (Wildman–Crippen MR) is 103 cm³/mol. The number of aryl methyl sites for hydroxylation is 1. The minimum absolute atomic E-state index is 0.0546. The maximum Gasteiger partial charge on any atom is 0.159 e. The van der Waals surface area contributed by atoms with Crippen LogP contribution in [0.4, 0.5) is 5.82 Å². The summed E-state index contributed by atoms with van der Waals surface area (Å²) < 4.78 is 0. The number of carbonyl (C=O) groups is 1. The molecule has 3 N–H and O–H groups in total. The van der Waals surface area contributed by atoms with Crippen molar-refractivity contribution in [3.05, 3.63) is 81.9 Å². The van der Waals surface area contributed by atoms with Crippen molar-refractivity contribution in [2.45, 2.75) is 19.5 Å². The first kappa shape index (κ1) is 16.1. The molecule has 130 valence electrons. The van der Waals surface area contributed by atoms with Crippen LogP contribution < -0.4 is 21.1 Å². The van der Waals surface area contributed by atoms with Crippen LogP contribution in [0, 0.1) is 6.92 Å². The number of H-pyrrole nitrogens is 1. The number of Topliss-reactive ketones (excluding diaryl/α,β-unsaturated/α-hetero) is 1. The average Bonchev–Trinajstić information content (AvgIpc) is 3.06. The van der Waals surface area contributed by atoms with E-state index in [0.29, 0.717) is 5.56 Å². The minimum atomic E-state index is -0.661. The van der Waals surface area contributed by atoms with Crippen LogP contribution >= 0.6 is 0 Å². The molecule has 0 aliphatic carbocycles. The zero-order valence-electron chi connectivity index (χ0n) is 14.7. The van der Waals surface area contributed by atoms with E-state index in [4.69, 9.17) is 0 Å². The lowest BCUT2D eigenvalue weighted by atomic mass is 9.94. The average molecular weight is 344 g/mol. The zero-order chi connectivity index (χ0) is 18.1. The van der Waals surface area contributed by atoms with Gasteiger partial charge in [-0.2, -0.15) is 5.10 Å². The van der Waals surface area contributed by atoms with Gasteiger partial charge in [0.15, 0.2) is 11.4 Å². The Balaban J connectivity index is 1.84. The molecule has 5 nitrogen and oxygen atoms in total. The SMILES string of the molecule is CC(=O)c1ccc(C2(Nc3cc(C)[nH]n3)C=c3ccccc3=CN2)cc1. The van der Waals surface area contributed by atoms with Gasteiger partial charge in [-0.15, -0.1) is 0 Å². The van der Waals surface area contributed by atoms with Crippen LogP contribution in [0.15, 0.2) is 54.6 Å². The van der Waals surface area contributed by atoms with Crippen LogP contribution in [-0.2, 0) is 5.66 Å². The third kappa shape index (κ3) is 2.88. The molecule has 1 aromatic heterocycles. The van der Waals surface area contributed by atoms with Crippen molar-refractivity contribution in [1.82, 2.24) is 15.5 Å². The number of nitrogens with zero attached hydrogens (tertiary/aromatic N) is 1. The molecule has 0 spiro atoms. The molecule has 0 radical (unpaired) electrons. The fourth-order valence-corrected chi connectivity index (χ4v) is 3.20. The third-order valence-electron chi connectivity index (χ3n) is 4.60. The van der Waals surface area contributed by atoms with Gasteiger partial charge in [-0.05, 0) is 30.4 Å². The Morgan fingerprint density at radius 2 is 1.81 bits per heavy atom. The number of carbonyl (C=O) groups excluding carboxylic acids is 1. The lowest BCUT2D eigenvalue weighted by Gasteiger charge is -2.35. The summed E-state index contributed by atoms with van der Waals surface area (Å²) in [6.07, 6.45) is 4.15. The van der Waals surface area contributed by atoms with Gasteiger partial charge in [0.2, 0.25) is 0 Å². The van der Waals surface area contributed by atoms with E-state index >= 15 is 0 Å². The number of aromatic nitrogens is 2. The molecule has 1 aliphatic rings. The summed E-state index contributed by atoms with van der Waals surface area (Å²) in [7, 11) is 0. The van der Waals surface area contributed by atoms with Crippen molar-refractivity contribution in [2.24, 2.45) is 0 Å². The van der Waals surface area contributed by atoms with Gasteiger partial charge in [-0.1, -0.05) is 48.5 Å². The van der Waals surface area contributed by atoms with E-state index in [9.17, 15) is 4.79 Å². The predicted octanol–water partition coefficient (Wildman–Crippen LogP) is 2.01. The molecular formula is C21H20N4O. The summed E-state index contributed by atoms with van der Waals surface area (Å²) in [6, 6.07) is 17.8. The fraction of sp³-hybridized carbons (Fsp3) is 0.143.